The molecule has 0 bridgehead atoms. The van der Waals surface area contributed by atoms with Crippen molar-refractivity contribution in [1.29, 1.82) is 0 Å². The van der Waals surface area contributed by atoms with Crippen molar-refractivity contribution in [2.75, 3.05) is 13.2 Å². The highest BCUT2D eigenvalue weighted by Gasteiger charge is 2.42. The van der Waals surface area contributed by atoms with Crippen LogP contribution in [-0.4, -0.2) is 58.1 Å². The van der Waals surface area contributed by atoms with Gasteiger partial charge >= 0.3 is 0 Å². The lowest BCUT2D eigenvalue weighted by atomic mass is 9.90. The van der Waals surface area contributed by atoms with E-state index < -0.39 is 24.4 Å². The Morgan fingerprint density at radius 2 is 1.84 bits per heavy atom. The third-order valence-electron chi connectivity index (χ3n) is 5.88. The minimum atomic E-state index is -1.47. The van der Waals surface area contributed by atoms with Crippen LogP contribution in [0.3, 0.4) is 0 Å². The van der Waals surface area contributed by atoms with E-state index in [2.05, 4.69) is 0 Å². The smallest absolute Gasteiger partial charge is 0.162 e. The highest BCUT2D eigenvalue weighted by atomic mass is 16.5. The van der Waals surface area contributed by atoms with Gasteiger partial charge < -0.3 is 34.6 Å². The van der Waals surface area contributed by atoms with Crippen molar-refractivity contribution in [2.45, 2.75) is 50.3 Å². The van der Waals surface area contributed by atoms with E-state index in [4.69, 9.17) is 14.2 Å². The Labute approximate surface area is 181 Å². The van der Waals surface area contributed by atoms with Gasteiger partial charge in [0.05, 0.1) is 13.2 Å². The van der Waals surface area contributed by atoms with Gasteiger partial charge in [-0.05, 0) is 47.7 Å². The molecule has 2 aliphatic rings. The fourth-order valence-corrected chi connectivity index (χ4v) is 3.96. The Kier molecular flexibility index (Phi) is 6.48. The molecule has 2 heterocycles. The third-order valence-corrected chi connectivity index (χ3v) is 5.88. The van der Waals surface area contributed by atoms with Crippen LogP contribution in [-0.2, 0) is 15.9 Å². The summed E-state index contributed by atoms with van der Waals surface area (Å²) in [7, 11) is 0. The lowest BCUT2D eigenvalue weighted by Gasteiger charge is -2.37. The summed E-state index contributed by atoms with van der Waals surface area (Å²) in [6, 6.07) is 13.6. The molecule has 2 aromatic rings. The van der Waals surface area contributed by atoms with Gasteiger partial charge in [-0.25, -0.2) is 0 Å². The number of aliphatic hydroxyl groups is 4. The van der Waals surface area contributed by atoms with Crippen molar-refractivity contribution >= 4 is 0 Å². The minimum absolute atomic E-state index is 0.110. The maximum atomic E-state index is 10.4. The molecule has 7 nitrogen and oxygen atoms in total. The lowest BCUT2D eigenvalue weighted by Crippen LogP contribution is -2.47. The van der Waals surface area contributed by atoms with E-state index in [-0.39, 0.29) is 11.9 Å². The second-order valence-electron chi connectivity index (χ2n) is 8.11. The fourth-order valence-electron chi connectivity index (χ4n) is 3.96. The van der Waals surface area contributed by atoms with Crippen LogP contribution in [0.15, 0.2) is 54.5 Å². The predicted molar refractivity (Wildman–Crippen MR) is 113 cm³/mol. The van der Waals surface area contributed by atoms with Gasteiger partial charge in [0.15, 0.2) is 11.9 Å². The predicted octanol–water partition coefficient (Wildman–Crippen LogP) is 2.31. The molecule has 2 aliphatic heterocycles. The molecule has 0 amide bonds. The quantitative estimate of drug-likeness (QED) is 0.541. The normalized spacial score (nSPS) is 29.7. The first-order valence-electron chi connectivity index (χ1n) is 10.4. The second kappa shape index (κ2) is 9.28. The number of ether oxygens (including phenoxy) is 3. The molecule has 4 rings (SSSR count). The molecular formula is C24H28O7. The zero-order valence-corrected chi connectivity index (χ0v) is 17.3. The molecule has 2 saturated heterocycles. The Bertz CT molecular complexity index is 918. The first-order valence-corrected chi connectivity index (χ1v) is 10.4. The van der Waals surface area contributed by atoms with E-state index in [1.165, 1.54) is 0 Å². The lowest BCUT2D eigenvalue weighted by molar-refractivity contribution is -0.159. The van der Waals surface area contributed by atoms with Crippen molar-refractivity contribution in [3.8, 4) is 5.75 Å². The number of benzene rings is 2. The molecule has 0 radical (unpaired) electrons. The Morgan fingerprint density at radius 1 is 1.06 bits per heavy atom. The number of rotatable bonds is 5. The number of hydrogen-bond donors (Lipinski definition) is 4. The number of aryl methyl sites for hydroxylation is 1. The Balaban J connectivity index is 1.50. The van der Waals surface area contributed by atoms with Crippen LogP contribution in [0.2, 0.25) is 0 Å². The van der Waals surface area contributed by atoms with Crippen LogP contribution in [0.5, 0.6) is 5.75 Å². The zero-order chi connectivity index (χ0) is 22.0. The largest absolute Gasteiger partial charge is 0.512 e. The van der Waals surface area contributed by atoms with Crippen molar-refractivity contribution < 1.29 is 34.6 Å². The molecule has 0 saturated carbocycles. The highest BCUT2D eigenvalue weighted by Crippen LogP contribution is 2.35. The summed E-state index contributed by atoms with van der Waals surface area (Å²) in [6.07, 6.45) is -2.87. The van der Waals surface area contributed by atoms with Gasteiger partial charge in [-0.3, -0.25) is 0 Å². The van der Waals surface area contributed by atoms with Gasteiger partial charge in [0.2, 0.25) is 0 Å². The summed E-state index contributed by atoms with van der Waals surface area (Å²) in [4.78, 5) is 0. The third kappa shape index (κ3) is 4.70. The van der Waals surface area contributed by atoms with Crippen LogP contribution in [0.4, 0.5) is 0 Å². The van der Waals surface area contributed by atoms with Gasteiger partial charge in [0.1, 0.15) is 36.4 Å². The molecule has 7 heteroatoms. The molecule has 166 valence electrons. The average Bonchev–Trinajstić information content (AvgIpc) is 3.28. The Morgan fingerprint density at radius 3 is 2.52 bits per heavy atom. The van der Waals surface area contributed by atoms with Crippen molar-refractivity contribution in [2.24, 2.45) is 0 Å². The van der Waals surface area contributed by atoms with Crippen LogP contribution in [0, 0.1) is 6.92 Å². The first kappa shape index (κ1) is 21.6. The molecule has 0 aromatic heterocycles. The highest BCUT2D eigenvalue weighted by molar-refractivity contribution is 5.38. The molecule has 31 heavy (non-hydrogen) atoms. The monoisotopic (exact) mass is 428 g/mol. The number of aliphatic hydroxyl groups excluding tert-OH is 4. The summed E-state index contributed by atoms with van der Waals surface area (Å²) in [5, 5.41) is 39.7. The zero-order valence-electron chi connectivity index (χ0n) is 17.3. The van der Waals surface area contributed by atoms with Crippen LogP contribution in [0.25, 0.3) is 0 Å². The van der Waals surface area contributed by atoms with Crippen LogP contribution >= 0.6 is 0 Å². The van der Waals surface area contributed by atoms with Gasteiger partial charge in [-0.15, -0.1) is 0 Å². The van der Waals surface area contributed by atoms with Crippen LogP contribution in [0.1, 0.15) is 34.8 Å². The molecule has 5 atom stereocenters. The van der Waals surface area contributed by atoms with Crippen molar-refractivity contribution in [3.63, 3.8) is 0 Å². The summed E-state index contributed by atoms with van der Waals surface area (Å²) >= 11 is 0. The van der Waals surface area contributed by atoms with E-state index in [9.17, 15) is 20.4 Å². The van der Waals surface area contributed by atoms with E-state index in [1.807, 2.05) is 49.4 Å². The first-order chi connectivity index (χ1) is 15.0. The topological polar surface area (TPSA) is 109 Å². The van der Waals surface area contributed by atoms with Crippen LogP contribution < -0.4 is 4.74 Å². The van der Waals surface area contributed by atoms with Gasteiger partial charge in [-0.2, -0.15) is 0 Å². The number of hydrogen-bond acceptors (Lipinski definition) is 7. The molecule has 0 spiro atoms. The molecule has 0 aliphatic carbocycles. The SMILES string of the molecule is Cc1ccc([C@@H]2O/C(=C/O)[C@@H](O)[C@H](O)[C@H]2O)cc1Cc1ccc(O[C@@H]2CCOC2)cc1. The van der Waals surface area contributed by atoms with Gasteiger partial charge in [0.25, 0.3) is 0 Å². The summed E-state index contributed by atoms with van der Waals surface area (Å²) in [5.74, 6) is 0.646. The van der Waals surface area contributed by atoms with Crippen molar-refractivity contribution in [3.05, 3.63) is 76.7 Å². The van der Waals surface area contributed by atoms with E-state index >= 15 is 0 Å². The second-order valence-corrected chi connectivity index (χ2v) is 8.11. The summed E-state index contributed by atoms with van der Waals surface area (Å²) in [5.41, 5.74) is 3.88. The minimum Gasteiger partial charge on any atom is -0.512 e. The van der Waals surface area contributed by atoms with E-state index in [0.717, 1.165) is 35.5 Å². The Hall–Kier alpha value is -2.58. The van der Waals surface area contributed by atoms with Gasteiger partial charge in [0, 0.05) is 6.42 Å². The average molecular weight is 428 g/mol. The van der Waals surface area contributed by atoms with E-state index in [1.54, 1.807) is 0 Å². The molecule has 4 N–H and O–H groups in total. The summed E-state index contributed by atoms with van der Waals surface area (Å²) < 4.78 is 16.8. The molecular weight excluding hydrogens is 400 g/mol. The van der Waals surface area contributed by atoms with E-state index in [0.29, 0.717) is 24.9 Å². The summed E-state index contributed by atoms with van der Waals surface area (Å²) in [6.45, 7) is 3.37. The maximum absolute atomic E-state index is 10.4. The maximum Gasteiger partial charge on any atom is 0.162 e. The molecule has 0 unspecified atom stereocenters. The molecule has 2 aromatic carbocycles. The fraction of sp³-hybridized carbons (Fsp3) is 0.417. The standard InChI is InChI=1S/C24H28O7/c1-14-2-5-16(24-23(28)22(27)21(26)20(12-25)31-24)11-17(14)10-15-3-6-18(7-4-15)30-19-8-9-29-13-19/h2-7,11-12,19,21-28H,8-10,13H2,1H3/b20-12+/t19-,21-,22+,23-,24+/m1/s1. The molecule has 2 fully saturated rings. The van der Waals surface area contributed by atoms with Gasteiger partial charge in [-0.1, -0.05) is 30.3 Å². The van der Waals surface area contributed by atoms with Crippen molar-refractivity contribution in [1.82, 2.24) is 0 Å².